The average Bonchev–Trinajstić information content (AvgIpc) is 3.20. The first-order valence-corrected chi connectivity index (χ1v) is 8.06. The van der Waals surface area contributed by atoms with Crippen LogP contribution < -0.4 is 5.32 Å². The molecule has 1 aliphatic rings. The minimum absolute atomic E-state index is 0.130. The van der Waals surface area contributed by atoms with Gasteiger partial charge in [0.15, 0.2) is 0 Å². The summed E-state index contributed by atoms with van der Waals surface area (Å²) in [5, 5.41) is 14.3. The first-order valence-electron chi connectivity index (χ1n) is 6.69. The molecule has 0 aromatic carbocycles. The molecule has 6 heteroatoms. The maximum Gasteiger partial charge on any atom is 0.325 e. The van der Waals surface area contributed by atoms with Crippen LogP contribution in [0.2, 0.25) is 5.02 Å². The van der Waals surface area contributed by atoms with Crippen LogP contribution in [0.3, 0.4) is 0 Å². The van der Waals surface area contributed by atoms with Crippen molar-refractivity contribution in [2.24, 2.45) is 5.92 Å². The number of pyridine rings is 1. The summed E-state index contributed by atoms with van der Waals surface area (Å²) in [5.74, 6) is -0.0860. The molecule has 0 spiro atoms. The third-order valence-electron chi connectivity index (χ3n) is 3.35. The Balaban J connectivity index is 2.11. The molecule has 0 saturated heterocycles. The summed E-state index contributed by atoms with van der Waals surface area (Å²) in [4.78, 5) is 16.0. The highest BCUT2D eigenvalue weighted by Gasteiger charge is 2.51. The van der Waals surface area contributed by atoms with E-state index in [2.05, 4.69) is 10.3 Å². The van der Waals surface area contributed by atoms with Gasteiger partial charge in [0.05, 0.1) is 10.0 Å². The van der Waals surface area contributed by atoms with E-state index in [1.54, 1.807) is 12.3 Å². The first kappa shape index (κ1) is 15.6. The molecule has 1 aromatic rings. The van der Waals surface area contributed by atoms with Gasteiger partial charge < -0.3 is 5.11 Å². The standard InChI is InChI=1S/C14H19ClN2O2S/c1-9(2)17-14(13(18)19,10-3-4-10)8-20-12-6-5-11(15)7-16-12/h5-7,9-10,17H,3-4,8H2,1-2H3,(H,18,19). The summed E-state index contributed by atoms with van der Waals surface area (Å²) in [5.41, 5.74) is -0.861. The van der Waals surface area contributed by atoms with Crippen molar-refractivity contribution < 1.29 is 9.90 Å². The molecule has 0 amide bonds. The Bertz CT molecular complexity index is 477. The Morgan fingerprint density at radius 1 is 1.60 bits per heavy atom. The normalized spacial score (nSPS) is 18.0. The number of thioether (sulfide) groups is 1. The maximum absolute atomic E-state index is 11.8. The predicted octanol–water partition coefficient (Wildman–Crippen LogP) is 3.06. The fourth-order valence-corrected chi connectivity index (χ4v) is 3.52. The van der Waals surface area contributed by atoms with Crippen molar-refractivity contribution >= 4 is 29.3 Å². The molecule has 1 heterocycles. The van der Waals surface area contributed by atoms with Crippen LogP contribution in [0.1, 0.15) is 26.7 Å². The van der Waals surface area contributed by atoms with Crippen molar-refractivity contribution in [2.75, 3.05) is 5.75 Å². The van der Waals surface area contributed by atoms with Crippen molar-refractivity contribution in [1.29, 1.82) is 0 Å². The molecule has 2 N–H and O–H groups in total. The monoisotopic (exact) mass is 314 g/mol. The molecule has 4 nitrogen and oxygen atoms in total. The van der Waals surface area contributed by atoms with E-state index in [1.165, 1.54) is 11.8 Å². The number of carboxylic acid groups (broad SMARTS) is 1. The second-order valence-corrected chi connectivity index (χ2v) is 6.89. The fourth-order valence-electron chi connectivity index (χ4n) is 2.30. The minimum atomic E-state index is -0.861. The molecule has 1 saturated carbocycles. The van der Waals surface area contributed by atoms with Gasteiger partial charge in [-0.05, 0) is 44.7 Å². The predicted molar refractivity (Wildman–Crippen MR) is 81.3 cm³/mol. The second kappa shape index (κ2) is 6.33. The van der Waals surface area contributed by atoms with Gasteiger partial charge in [0, 0.05) is 18.0 Å². The van der Waals surface area contributed by atoms with E-state index in [-0.39, 0.29) is 12.0 Å². The Hall–Kier alpha value is -0.780. The van der Waals surface area contributed by atoms with E-state index in [1.807, 2.05) is 19.9 Å². The fraction of sp³-hybridized carbons (Fsp3) is 0.571. The number of nitrogens with one attached hydrogen (secondary N) is 1. The van der Waals surface area contributed by atoms with Crippen LogP contribution in [-0.4, -0.2) is 33.4 Å². The van der Waals surface area contributed by atoms with Crippen molar-refractivity contribution in [2.45, 2.75) is 43.3 Å². The number of halogens is 1. The largest absolute Gasteiger partial charge is 0.480 e. The summed E-state index contributed by atoms with van der Waals surface area (Å²) in [6.45, 7) is 3.95. The Morgan fingerprint density at radius 2 is 2.30 bits per heavy atom. The van der Waals surface area contributed by atoms with Crippen LogP contribution in [0, 0.1) is 5.92 Å². The molecule has 1 unspecified atom stereocenters. The number of hydrogen-bond acceptors (Lipinski definition) is 4. The second-order valence-electron chi connectivity index (χ2n) is 5.45. The maximum atomic E-state index is 11.8. The number of aliphatic carboxylic acids is 1. The van der Waals surface area contributed by atoms with Gasteiger partial charge in [-0.1, -0.05) is 11.6 Å². The van der Waals surface area contributed by atoms with Gasteiger partial charge in [0.1, 0.15) is 5.54 Å². The Kier molecular flexibility index (Phi) is 4.94. The molecule has 1 aliphatic carbocycles. The Labute approximate surface area is 128 Å². The van der Waals surface area contributed by atoms with Gasteiger partial charge in [0.25, 0.3) is 0 Å². The zero-order chi connectivity index (χ0) is 14.8. The van der Waals surface area contributed by atoms with E-state index < -0.39 is 11.5 Å². The summed E-state index contributed by atoms with van der Waals surface area (Å²) >= 11 is 7.26. The number of carbonyl (C=O) groups is 1. The van der Waals surface area contributed by atoms with Crippen LogP contribution in [0.5, 0.6) is 0 Å². The first-order chi connectivity index (χ1) is 9.44. The lowest BCUT2D eigenvalue weighted by atomic mass is 9.94. The highest BCUT2D eigenvalue weighted by Crippen LogP contribution is 2.42. The number of carboxylic acids is 1. The van der Waals surface area contributed by atoms with Crippen LogP contribution in [0.4, 0.5) is 0 Å². The number of rotatable bonds is 7. The quantitative estimate of drug-likeness (QED) is 0.757. The molecule has 1 atom stereocenters. The van der Waals surface area contributed by atoms with E-state index in [0.717, 1.165) is 17.9 Å². The Morgan fingerprint density at radius 3 is 2.75 bits per heavy atom. The zero-order valence-corrected chi connectivity index (χ0v) is 13.2. The van der Waals surface area contributed by atoms with E-state index in [0.29, 0.717) is 10.8 Å². The molecule has 20 heavy (non-hydrogen) atoms. The summed E-state index contributed by atoms with van der Waals surface area (Å²) in [7, 11) is 0. The lowest BCUT2D eigenvalue weighted by molar-refractivity contribution is -0.145. The summed E-state index contributed by atoms with van der Waals surface area (Å²) in [6, 6.07) is 3.72. The lowest BCUT2D eigenvalue weighted by Crippen LogP contribution is -2.58. The zero-order valence-electron chi connectivity index (χ0n) is 11.6. The molecule has 110 valence electrons. The highest BCUT2D eigenvalue weighted by molar-refractivity contribution is 7.99. The smallest absolute Gasteiger partial charge is 0.325 e. The topological polar surface area (TPSA) is 62.2 Å². The van der Waals surface area contributed by atoms with Crippen LogP contribution in [0.15, 0.2) is 23.4 Å². The van der Waals surface area contributed by atoms with Gasteiger partial charge in [-0.3, -0.25) is 10.1 Å². The van der Waals surface area contributed by atoms with Crippen molar-refractivity contribution in [3.63, 3.8) is 0 Å². The van der Waals surface area contributed by atoms with Crippen LogP contribution in [0.25, 0.3) is 0 Å². The minimum Gasteiger partial charge on any atom is -0.480 e. The molecule has 0 aliphatic heterocycles. The van der Waals surface area contributed by atoms with Gasteiger partial charge in [-0.25, -0.2) is 4.98 Å². The number of aromatic nitrogens is 1. The lowest BCUT2D eigenvalue weighted by Gasteiger charge is -2.32. The SMILES string of the molecule is CC(C)NC(CSc1ccc(Cl)cn1)(C(=O)O)C1CC1. The van der Waals surface area contributed by atoms with Crippen LogP contribution in [-0.2, 0) is 4.79 Å². The molecule has 1 aromatic heterocycles. The molecule has 0 radical (unpaired) electrons. The van der Waals surface area contributed by atoms with Crippen molar-refractivity contribution in [1.82, 2.24) is 10.3 Å². The van der Waals surface area contributed by atoms with Gasteiger partial charge >= 0.3 is 5.97 Å². The van der Waals surface area contributed by atoms with E-state index >= 15 is 0 Å². The summed E-state index contributed by atoms with van der Waals surface area (Å²) in [6.07, 6.45) is 3.53. The van der Waals surface area contributed by atoms with Crippen molar-refractivity contribution in [3.05, 3.63) is 23.4 Å². The van der Waals surface area contributed by atoms with Gasteiger partial charge in [-0.15, -0.1) is 11.8 Å². The molecule has 0 bridgehead atoms. The molecule has 2 rings (SSSR count). The van der Waals surface area contributed by atoms with E-state index in [9.17, 15) is 9.90 Å². The molecular weight excluding hydrogens is 296 g/mol. The molecular formula is C14H19ClN2O2S. The average molecular weight is 315 g/mol. The van der Waals surface area contributed by atoms with Gasteiger partial charge in [-0.2, -0.15) is 0 Å². The third-order valence-corrected chi connectivity index (χ3v) is 4.71. The number of hydrogen-bond donors (Lipinski definition) is 2. The van der Waals surface area contributed by atoms with E-state index in [4.69, 9.17) is 11.6 Å². The van der Waals surface area contributed by atoms with Crippen LogP contribution >= 0.6 is 23.4 Å². The third kappa shape index (κ3) is 3.65. The number of nitrogens with zero attached hydrogens (tertiary/aromatic N) is 1. The summed E-state index contributed by atoms with van der Waals surface area (Å²) < 4.78 is 0. The van der Waals surface area contributed by atoms with Gasteiger partial charge in [0.2, 0.25) is 0 Å². The van der Waals surface area contributed by atoms with Crippen molar-refractivity contribution in [3.8, 4) is 0 Å². The molecule has 1 fully saturated rings. The highest BCUT2D eigenvalue weighted by atomic mass is 35.5.